The zero-order valence-electron chi connectivity index (χ0n) is 11.5. The van der Waals surface area contributed by atoms with Crippen molar-refractivity contribution in [3.63, 3.8) is 0 Å². The summed E-state index contributed by atoms with van der Waals surface area (Å²) in [7, 11) is 0. The molecule has 0 aliphatic rings. The number of hydrogen-bond acceptors (Lipinski definition) is 6. The number of hydrogen-bond donors (Lipinski definition) is 2. The van der Waals surface area contributed by atoms with Crippen LogP contribution >= 0.6 is 11.6 Å². The van der Waals surface area contributed by atoms with E-state index in [1.165, 1.54) is 6.20 Å². The second kappa shape index (κ2) is 6.49. The first kappa shape index (κ1) is 14.5. The minimum atomic E-state index is 0.333. The lowest BCUT2D eigenvalue weighted by atomic mass is 10.3. The maximum atomic E-state index is 6.17. The molecule has 0 amide bonds. The number of anilines is 2. The highest BCUT2D eigenvalue weighted by Gasteiger charge is 2.13. The Morgan fingerprint density at radius 3 is 2.80 bits per heavy atom. The number of nitrogens with one attached hydrogen (secondary N) is 1. The van der Waals surface area contributed by atoms with E-state index >= 15 is 0 Å². The summed E-state index contributed by atoms with van der Waals surface area (Å²) in [5, 5.41) is 0.485. The van der Waals surface area contributed by atoms with Gasteiger partial charge in [0.05, 0.1) is 18.4 Å². The van der Waals surface area contributed by atoms with E-state index in [4.69, 9.17) is 17.4 Å². The molecule has 0 atom stereocenters. The van der Waals surface area contributed by atoms with Crippen molar-refractivity contribution < 1.29 is 0 Å². The molecule has 6 nitrogen and oxygen atoms in total. The van der Waals surface area contributed by atoms with Crippen molar-refractivity contribution in [3.05, 3.63) is 40.8 Å². The lowest BCUT2D eigenvalue weighted by Gasteiger charge is -2.22. The summed E-state index contributed by atoms with van der Waals surface area (Å²) in [6, 6.07) is 5.93. The van der Waals surface area contributed by atoms with Gasteiger partial charge in [0.15, 0.2) is 5.82 Å². The monoisotopic (exact) mass is 292 g/mol. The van der Waals surface area contributed by atoms with E-state index in [9.17, 15) is 0 Å². The van der Waals surface area contributed by atoms with Gasteiger partial charge in [-0.3, -0.25) is 10.4 Å². The van der Waals surface area contributed by atoms with Crippen LogP contribution in [0.5, 0.6) is 0 Å². The Balaban J connectivity index is 2.28. The third kappa shape index (κ3) is 3.34. The van der Waals surface area contributed by atoms with E-state index in [0.717, 1.165) is 17.9 Å². The van der Waals surface area contributed by atoms with Crippen molar-refractivity contribution in [1.82, 2.24) is 15.0 Å². The van der Waals surface area contributed by atoms with Crippen LogP contribution in [0.4, 0.5) is 11.8 Å². The van der Waals surface area contributed by atoms with Crippen LogP contribution in [0.2, 0.25) is 5.02 Å². The summed E-state index contributed by atoms with van der Waals surface area (Å²) in [6.45, 7) is 5.37. The summed E-state index contributed by atoms with van der Waals surface area (Å²) in [5.41, 5.74) is 4.37. The third-order valence-electron chi connectivity index (χ3n) is 2.83. The first-order valence-electron chi connectivity index (χ1n) is 6.30. The van der Waals surface area contributed by atoms with Gasteiger partial charge in [-0.15, -0.1) is 0 Å². The molecule has 0 aromatic carbocycles. The van der Waals surface area contributed by atoms with Gasteiger partial charge in [-0.05, 0) is 26.0 Å². The normalized spacial score (nSPS) is 10.4. The van der Waals surface area contributed by atoms with Crippen LogP contribution in [0, 0.1) is 6.92 Å². The Hall–Kier alpha value is -1.92. The van der Waals surface area contributed by atoms with Gasteiger partial charge in [0.2, 0.25) is 5.95 Å². The number of aryl methyl sites for hydroxylation is 1. The van der Waals surface area contributed by atoms with Gasteiger partial charge < -0.3 is 4.90 Å². The van der Waals surface area contributed by atoms with Gasteiger partial charge >= 0.3 is 0 Å². The molecular weight excluding hydrogens is 276 g/mol. The average molecular weight is 293 g/mol. The molecule has 2 aromatic rings. The van der Waals surface area contributed by atoms with Gasteiger partial charge in [-0.1, -0.05) is 17.7 Å². The SMILES string of the molecule is CCN(Cc1cccc(C)n1)c1nc(NN)ncc1Cl. The second-order valence-corrected chi connectivity index (χ2v) is 4.70. The molecule has 7 heteroatoms. The topological polar surface area (TPSA) is 80.0 Å². The Morgan fingerprint density at radius 1 is 1.35 bits per heavy atom. The van der Waals surface area contributed by atoms with Gasteiger partial charge in [-0.25, -0.2) is 10.8 Å². The van der Waals surface area contributed by atoms with Crippen molar-refractivity contribution in [2.75, 3.05) is 16.9 Å². The highest BCUT2D eigenvalue weighted by molar-refractivity contribution is 6.32. The largest absolute Gasteiger partial charge is 0.350 e. The fourth-order valence-corrected chi connectivity index (χ4v) is 2.08. The predicted molar refractivity (Wildman–Crippen MR) is 80.6 cm³/mol. The summed E-state index contributed by atoms with van der Waals surface area (Å²) in [6.07, 6.45) is 1.53. The van der Waals surface area contributed by atoms with E-state index in [1.807, 2.05) is 36.9 Å². The van der Waals surface area contributed by atoms with Crippen molar-refractivity contribution >= 4 is 23.4 Å². The van der Waals surface area contributed by atoms with Crippen LogP contribution in [0.15, 0.2) is 24.4 Å². The summed E-state index contributed by atoms with van der Waals surface area (Å²) in [5.74, 6) is 6.31. The lowest BCUT2D eigenvalue weighted by molar-refractivity contribution is 0.788. The third-order valence-corrected chi connectivity index (χ3v) is 3.10. The van der Waals surface area contributed by atoms with Gasteiger partial charge in [0.25, 0.3) is 0 Å². The van der Waals surface area contributed by atoms with E-state index in [2.05, 4.69) is 20.4 Å². The van der Waals surface area contributed by atoms with Crippen LogP contribution in [0.25, 0.3) is 0 Å². The molecule has 0 aliphatic heterocycles. The number of pyridine rings is 1. The molecule has 0 saturated carbocycles. The van der Waals surface area contributed by atoms with Gasteiger partial charge in [-0.2, -0.15) is 4.98 Å². The molecule has 20 heavy (non-hydrogen) atoms. The highest BCUT2D eigenvalue weighted by atomic mass is 35.5. The zero-order valence-corrected chi connectivity index (χ0v) is 12.2. The minimum absolute atomic E-state index is 0.333. The van der Waals surface area contributed by atoms with E-state index in [0.29, 0.717) is 23.3 Å². The fourth-order valence-electron chi connectivity index (χ4n) is 1.87. The van der Waals surface area contributed by atoms with Crippen molar-refractivity contribution in [3.8, 4) is 0 Å². The van der Waals surface area contributed by atoms with Crippen molar-refractivity contribution in [1.29, 1.82) is 0 Å². The first-order valence-corrected chi connectivity index (χ1v) is 6.68. The fraction of sp³-hybridized carbons (Fsp3) is 0.308. The number of nitrogen functional groups attached to an aromatic ring is 1. The Bertz CT molecular complexity index is 589. The quantitative estimate of drug-likeness (QED) is 0.649. The standard InChI is InChI=1S/C13H17ClN6/c1-3-20(8-10-6-4-5-9(2)17-10)12-11(14)7-16-13(18-12)19-15/h4-7H,3,8,15H2,1-2H3,(H,16,18,19). The number of nitrogens with zero attached hydrogens (tertiary/aromatic N) is 4. The first-order chi connectivity index (χ1) is 9.63. The Morgan fingerprint density at radius 2 is 2.15 bits per heavy atom. The summed E-state index contributed by atoms with van der Waals surface area (Å²) in [4.78, 5) is 14.8. The van der Waals surface area contributed by atoms with Crippen LogP contribution in [-0.2, 0) is 6.54 Å². The summed E-state index contributed by atoms with van der Waals surface area (Å²) >= 11 is 6.17. The maximum absolute atomic E-state index is 6.17. The van der Waals surface area contributed by atoms with Crippen LogP contribution < -0.4 is 16.2 Å². The molecular formula is C13H17ClN6. The van der Waals surface area contributed by atoms with Crippen LogP contribution in [-0.4, -0.2) is 21.5 Å². The molecule has 2 heterocycles. The number of rotatable bonds is 5. The van der Waals surface area contributed by atoms with Crippen LogP contribution in [0.3, 0.4) is 0 Å². The van der Waals surface area contributed by atoms with Crippen molar-refractivity contribution in [2.45, 2.75) is 20.4 Å². The molecule has 2 aromatic heterocycles. The van der Waals surface area contributed by atoms with Crippen LogP contribution in [0.1, 0.15) is 18.3 Å². The number of aromatic nitrogens is 3. The number of hydrazine groups is 1. The molecule has 0 aliphatic carbocycles. The number of halogens is 1. The number of nitrogens with two attached hydrogens (primary N) is 1. The molecule has 0 spiro atoms. The predicted octanol–water partition coefficient (Wildman–Crippen LogP) is 2.15. The molecule has 3 N–H and O–H groups in total. The molecule has 2 rings (SSSR count). The van der Waals surface area contributed by atoms with Crippen molar-refractivity contribution in [2.24, 2.45) is 5.84 Å². The highest BCUT2D eigenvalue weighted by Crippen LogP contribution is 2.24. The maximum Gasteiger partial charge on any atom is 0.239 e. The lowest BCUT2D eigenvalue weighted by Crippen LogP contribution is -2.25. The Labute approximate surface area is 123 Å². The molecule has 0 radical (unpaired) electrons. The van der Waals surface area contributed by atoms with E-state index in [1.54, 1.807) is 0 Å². The molecule has 0 bridgehead atoms. The molecule has 106 valence electrons. The smallest absolute Gasteiger partial charge is 0.239 e. The molecule has 0 unspecified atom stereocenters. The average Bonchev–Trinajstić information content (AvgIpc) is 2.46. The minimum Gasteiger partial charge on any atom is -0.350 e. The van der Waals surface area contributed by atoms with E-state index < -0.39 is 0 Å². The summed E-state index contributed by atoms with van der Waals surface area (Å²) < 4.78 is 0. The van der Waals surface area contributed by atoms with E-state index in [-0.39, 0.29) is 0 Å². The second-order valence-electron chi connectivity index (χ2n) is 4.29. The Kier molecular flexibility index (Phi) is 4.70. The zero-order chi connectivity index (χ0) is 14.5. The molecule has 0 fully saturated rings. The van der Waals surface area contributed by atoms with Gasteiger partial charge in [0.1, 0.15) is 5.02 Å². The van der Waals surface area contributed by atoms with Gasteiger partial charge in [0, 0.05) is 12.2 Å². The molecule has 0 saturated heterocycles.